The molecule has 2 atom stereocenters. The molecule has 222 valence electrons. The third-order valence-corrected chi connectivity index (χ3v) is 7.28. The van der Waals surface area contributed by atoms with Crippen LogP contribution >= 0.6 is 0 Å². The van der Waals surface area contributed by atoms with Gasteiger partial charge >= 0.3 is 6.09 Å². The van der Waals surface area contributed by atoms with Crippen molar-refractivity contribution < 1.29 is 37.2 Å². The van der Waals surface area contributed by atoms with Gasteiger partial charge in [0, 0.05) is 43.4 Å². The maximum Gasteiger partial charge on any atom is 0.410 e. The third-order valence-electron chi connectivity index (χ3n) is 7.28. The van der Waals surface area contributed by atoms with E-state index in [2.05, 4.69) is 15.8 Å². The molecule has 42 heavy (non-hydrogen) atoms. The minimum atomic E-state index is -0.891. The van der Waals surface area contributed by atoms with Crippen molar-refractivity contribution in [3.63, 3.8) is 0 Å². The summed E-state index contributed by atoms with van der Waals surface area (Å²) in [6.45, 7) is 5.38. The van der Waals surface area contributed by atoms with E-state index in [0.717, 1.165) is 6.07 Å². The maximum absolute atomic E-state index is 14.2. The lowest BCUT2D eigenvalue weighted by molar-refractivity contribution is -0.617. The average Bonchev–Trinajstić information content (AvgIpc) is 3.52. The number of likely N-dealkylation sites (tertiary alicyclic amines) is 1. The first-order chi connectivity index (χ1) is 19.8. The summed E-state index contributed by atoms with van der Waals surface area (Å²) in [4.78, 5) is 41.1. The van der Waals surface area contributed by atoms with Gasteiger partial charge in [0.2, 0.25) is 11.6 Å². The smallest absolute Gasteiger partial charge is 0.410 e. The number of halogens is 2. The van der Waals surface area contributed by atoms with Crippen LogP contribution in [0.1, 0.15) is 56.2 Å². The Morgan fingerprint density at radius 3 is 2.60 bits per heavy atom. The highest BCUT2D eigenvalue weighted by Crippen LogP contribution is 2.44. The van der Waals surface area contributed by atoms with Gasteiger partial charge in [0.15, 0.2) is 17.7 Å². The van der Waals surface area contributed by atoms with Gasteiger partial charge in [-0.2, -0.15) is 4.73 Å². The van der Waals surface area contributed by atoms with Crippen LogP contribution < -0.4 is 15.4 Å². The van der Waals surface area contributed by atoms with Gasteiger partial charge in [-0.25, -0.2) is 13.6 Å². The van der Waals surface area contributed by atoms with Crippen LogP contribution in [0.2, 0.25) is 0 Å². The average molecular weight is 584 g/mol. The first kappa shape index (κ1) is 29.0. The number of amides is 3. The van der Waals surface area contributed by atoms with Crippen molar-refractivity contribution in [2.75, 3.05) is 13.1 Å². The monoisotopic (exact) mass is 583 g/mol. The third kappa shape index (κ3) is 6.19. The summed E-state index contributed by atoms with van der Waals surface area (Å²) in [5, 5.41) is 21.9. The van der Waals surface area contributed by atoms with Crippen LogP contribution in [-0.4, -0.2) is 52.7 Å². The van der Waals surface area contributed by atoms with E-state index in [4.69, 9.17) is 9.26 Å². The van der Waals surface area contributed by atoms with E-state index in [0.29, 0.717) is 29.3 Å². The van der Waals surface area contributed by atoms with Gasteiger partial charge in [-0.3, -0.25) is 9.59 Å². The number of hydrogen-bond acceptors (Lipinski definition) is 7. The molecular formula is C29H31F2N5O6. The topological polar surface area (TPSA) is 141 Å². The van der Waals surface area contributed by atoms with Crippen LogP contribution in [-0.2, 0) is 15.1 Å². The number of rotatable bonds is 6. The molecule has 1 saturated heterocycles. The highest BCUT2D eigenvalue weighted by atomic mass is 19.1. The highest BCUT2D eigenvalue weighted by Gasteiger charge is 2.53. The molecule has 2 aromatic heterocycles. The SMILES string of the molecule is CC(C)(C)OC(=O)N1CC[C@H](NC(=O)c2cc(-c3ccc(F)cc3F)on2)[C@@H](C(=O)NC2(c3cccc[n+]3[O-])CC2)C1. The first-order valence-electron chi connectivity index (χ1n) is 13.6. The van der Waals surface area contributed by atoms with Gasteiger partial charge < -0.3 is 30.0 Å². The Labute approximate surface area is 240 Å². The summed E-state index contributed by atoms with van der Waals surface area (Å²) in [7, 11) is 0. The van der Waals surface area contributed by atoms with Gasteiger partial charge in [-0.1, -0.05) is 5.16 Å². The summed E-state index contributed by atoms with van der Waals surface area (Å²) in [5.74, 6) is -3.72. The molecule has 0 unspecified atom stereocenters. The minimum Gasteiger partial charge on any atom is -0.618 e. The Morgan fingerprint density at radius 2 is 1.93 bits per heavy atom. The lowest BCUT2D eigenvalue weighted by Crippen LogP contribution is -2.58. The molecule has 0 radical (unpaired) electrons. The fraction of sp³-hybridized carbons (Fsp3) is 0.414. The normalized spacial score (nSPS) is 19.6. The molecule has 5 rings (SSSR count). The van der Waals surface area contributed by atoms with E-state index in [1.165, 1.54) is 23.2 Å². The Bertz CT molecular complexity index is 1520. The summed E-state index contributed by atoms with van der Waals surface area (Å²) in [5.41, 5.74) is -1.43. The van der Waals surface area contributed by atoms with Crippen LogP contribution in [0, 0.1) is 22.8 Å². The van der Waals surface area contributed by atoms with Gasteiger partial charge in [0.25, 0.3) is 5.91 Å². The fourth-order valence-electron chi connectivity index (χ4n) is 5.02. The van der Waals surface area contributed by atoms with Crippen LogP contribution in [0.3, 0.4) is 0 Å². The zero-order chi connectivity index (χ0) is 30.2. The second-order valence-corrected chi connectivity index (χ2v) is 11.6. The second kappa shape index (κ2) is 11.0. The zero-order valence-corrected chi connectivity index (χ0v) is 23.4. The summed E-state index contributed by atoms with van der Waals surface area (Å²) in [6, 6.07) is 8.38. The van der Waals surface area contributed by atoms with Crippen molar-refractivity contribution in [2.45, 2.75) is 57.2 Å². The van der Waals surface area contributed by atoms with Gasteiger partial charge in [0.05, 0.1) is 11.5 Å². The Morgan fingerprint density at radius 1 is 1.17 bits per heavy atom. The first-order valence-corrected chi connectivity index (χ1v) is 13.6. The quantitative estimate of drug-likeness (QED) is 0.335. The molecule has 2 aliphatic rings. The predicted molar refractivity (Wildman–Crippen MR) is 143 cm³/mol. The number of nitrogens with zero attached hydrogens (tertiary/aromatic N) is 3. The van der Waals surface area contributed by atoms with Gasteiger partial charge in [-0.15, -0.1) is 0 Å². The van der Waals surface area contributed by atoms with E-state index in [1.54, 1.807) is 39.0 Å². The molecule has 13 heteroatoms. The molecular weight excluding hydrogens is 552 g/mol. The molecule has 3 amide bonds. The van der Waals surface area contributed by atoms with E-state index >= 15 is 0 Å². The van der Waals surface area contributed by atoms with Gasteiger partial charge in [0.1, 0.15) is 22.8 Å². The number of hydrogen-bond donors (Lipinski definition) is 2. The molecule has 1 aromatic carbocycles. The van der Waals surface area contributed by atoms with E-state index in [-0.39, 0.29) is 36.5 Å². The van der Waals surface area contributed by atoms with Crippen molar-refractivity contribution in [3.05, 3.63) is 76.9 Å². The molecule has 1 aliphatic heterocycles. The Hall–Kier alpha value is -4.55. The largest absolute Gasteiger partial charge is 0.618 e. The lowest BCUT2D eigenvalue weighted by Gasteiger charge is -2.38. The summed E-state index contributed by atoms with van der Waals surface area (Å²) >= 11 is 0. The van der Waals surface area contributed by atoms with Crippen molar-refractivity contribution >= 4 is 17.9 Å². The molecule has 1 aliphatic carbocycles. The van der Waals surface area contributed by atoms with E-state index < -0.39 is 52.6 Å². The maximum atomic E-state index is 14.2. The molecule has 1 saturated carbocycles. The number of aromatic nitrogens is 2. The van der Waals surface area contributed by atoms with E-state index in [9.17, 15) is 28.4 Å². The molecule has 3 heterocycles. The summed E-state index contributed by atoms with van der Waals surface area (Å²) in [6.07, 6.45) is 2.12. The Balaban J connectivity index is 1.35. The number of carbonyl (C=O) groups excluding carboxylic acids is 3. The molecule has 11 nitrogen and oxygen atoms in total. The van der Waals surface area contributed by atoms with Crippen molar-refractivity contribution in [3.8, 4) is 11.3 Å². The zero-order valence-electron chi connectivity index (χ0n) is 23.4. The molecule has 2 fully saturated rings. The molecule has 2 N–H and O–H groups in total. The number of benzene rings is 1. The second-order valence-electron chi connectivity index (χ2n) is 11.6. The molecule has 0 bridgehead atoms. The standard InChI is InChI=1S/C29H31F2N5O6/c1-28(2,3)41-27(39)35-13-9-21(19(16-35)25(37)33-29(10-11-29)24-6-4-5-12-36(24)40)32-26(38)22-15-23(42-34-22)18-8-7-17(30)14-20(18)31/h4-8,12,14-15,19,21H,9-11,13,16H2,1-3H3,(H,32,38)(H,33,37)/t19-,21-/m0/s1. The fourth-order valence-corrected chi connectivity index (χ4v) is 5.02. The minimum absolute atomic E-state index is 0.0429. The van der Waals surface area contributed by atoms with Crippen LogP contribution in [0.4, 0.5) is 13.6 Å². The number of pyridine rings is 1. The van der Waals surface area contributed by atoms with Crippen LogP contribution in [0.5, 0.6) is 0 Å². The number of carbonyl (C=O) groups is 3. The Kier molecular flexibility index (Phi) is 7.60. The molecule has 0 spiro atoms. The van der Waals surface area contributed by atoms with Crippen molar-refractivity contribution in [2.24, 2.45) is 5.92 Å². The highest BCUT2D eigenvalue weighted by molar-refractivity contribution is 5.94. The number of ether oxygens (including phenoxy) is 1. The van der Waals surface area contributed by atoms with Crippen LogP contribution in [0.25, 0.3) is 11.3 Å². The van der Waals surface area contributed by atoms with Crippen LogP contribution in [0.15, 0.2) is 53.2 Å². The predicted octanol–water partition coefficient (Wildman–Crippen LogP) is 3.41. The lowest BCUT2D eigenvalue weighted by atomic mass is 9.90. The molecule has 3 aromatic rings. The van der Waals surface area contributed by atoms with Crippen molar-refractivity contribution in [1.29, 1.82) is 0 Å². The summed E-state index contributed by atoms with van der Waals surface area (Å²) < 4.78 is 38.9. The van der Waals surface area contributed by atoms with E-state index in [1.807, 2.05) is 0 Å². The van der Waals surface area contributed by atoms with Gasteiger partial charge in [-0.05, 0) is 58.2 Å². The number of nitrogens with one attached hydrogen (secondary N) is 2. The number of piperidine rings is 1. The van der Waals surface area contributed by atoms with Crippen molar-refractivity contribution in [1.82, 2.24) is 20.7 Å².